The van der Waals surface area contributed by atoms with Gasteiger partial charge in [-0.15, -0.1) is 0 Å². The SMILES string of the molecule is CC1(C)CCCC(NCc2cccc(Cl)c2)CC1. The van der Waals surface area contributed by atoms with Crippen LogP contribution in [0, 0.1) is 5.41 Å². The molecule has 1 nitrogen and oxygen atoms in total. The molecule has 2 rings (SSSR count). The van der Waals surface area contributed by atoms with Crippen LogP contribution in [0.4, 0.5) is 0 Å². The number of rotatable bonds is 3. The van der Waals surface area contributed by atoms with Gasteiger partial charge in [0.1, 0.15) is 0 Å². The molecular formula is C16H24ClN. The molecule has 2 heteroatoms. The minimum Gasteiger partial charge on any atom is -0.310 e. The van der Waals surface area contributed by atoms with Crippen molar-refractivity contribution in [3.8, 4) is 0 Å². The van der Waals surface area contributed by atoms with E-state index in [2.05, 4.69) is 31.3 Å². The van der Waals surface area contributed by atoms with Crippen LogP contribution in [-0.2, 0) is 6.54 Å². The van der Waals surface area contributed by atoms with E-state index in [9.17, 15) is 0 Å². The second-order valence-electron chi connectivity index (χ2n) is 6.30. The van der Waals surface area contributed by atoms with Crippen LogP contribution in [0.15, 0.2) is 24.3 Å². The summed E-state index contributed by atoms with van der Waals surface area (Å²) in [4.78, 5) is 0. The largest absolute Gasteiger partial charge is 0.310 e. The lowest BCUT2D eigenvalue weighted by Crippen LogP contribution is -2.28. The molecule has 100 valence electrons. The monoisotopic (exact) mass is 265 g/mol. The normalized spacial score (nSPS) is 23.6. The van der Waals surface area contributed by atoms with Crippen LogP contribution in [-0.4, -0.2) is 6.04 Å². The van der Waals surface area contributed by atoms with Gasteiger partial charge < -0.3 is 5.32 Å². The highest BCUT2D eigenvalue weighted by atomic mass is 35.5. The molecule has 1 saturated carbocycles. The van der Waals surface area contributed by atoms with E-state index in [1.54, 1.807) is 0 Å². The molecule has 0 radical (unpaired) electrons. The average Bonchev–Trinajstić information content (AvgIpc) is 2.48. The number of halogens is 1. The maximum absolute atomic E-state index is 6.00. The molecule has 1 unspecified atom stereocenters. The standard InChI is InChI=1S/C16H24ClN/c1-16(2)9-4-7-15(8-10-16)18-12-13-5-3-6-14(17)11-13/h3,5-6,11,15,18H,4,7-10,12H2,1-2H3. The first kappa shape index (κ1) is 13.9. The van der Waals surface area contributed by atoms with Crippen molar-refractivity contribution in [2.24, 2.45) is 5.41 Å². The maximum atomic E-state index is 6.00. The Morgan fingerprint density at radius 1 is 1.28 bits per heavy atom. The molecule has 0 aliphatic heterocycles. The highest BCUT2D eigenvalue weighted by Crippen LogP contribution is 2.33. The Bertz CT molecular complexity index is 386. The van der Waals surface area contributed by atoms with Gasteiger partial charge in [0.25, 0.3) is 0 Å². The van der Waals surface area contributed by atoms with Crippen LogP contribution in [0.1, 0.15) is 51.5 Å². The fourth-order valence-electron chi connectivity index (χ4n) is 2.77. The lowest BCUT2D eigenvalue weighted by molar-refractivity contribution is 0.309. The van der Waals surface area contributed by atoms with E-state index >= 15 is 0 Å². The van der Waals surface area contributed by atoms with Gasteiger partial charge in [-0.3, -0.25) is 0 Å². The highest BCUT2D eigenvalue weighted by Gasteiger charge is 2.23. The number of nitrogens with one attached hydrogen (secondary N) is 1. The van der Waals surface area contributed by atoms with Gasteiger partial charge in [-0.25, -0.2) is 0 Å². The van der Waals surface area contributed by atoms with Gasteiger partial charge in [-0.05, 0) is 48.8 Å². The van der Waals surface area contributed by atoms with E-state index < -0.39 is 0 Å². The topological polar surface area (TPSA) is 12.0 Å². The molecule has 0 heterocycles. The summed E-state index contributed by atoms with van der Waals surface area (Å²) in [6.45, 7) is 5.73. The second kappa shape index (κ2) is 6.08. The van der Waals surface area contributed by atoms with Crippen molar-refractivity contribution in [1.82, 2.24) is 5.32 Å². The molecule has 1 aliphatic carbocycles. The lowest BCUT2D eigenvalue weighted by Gasteiger charge is -2.22. The molecule has 0 bridgehead atoms. The lowest BCUT2D eigenvalue weighted by atomic mass is 9.85. The van der Waals surface area contributed by atoms with Gasteiger partial charge in [-0.1, -0.05) is 44.0 Å². The summed E-state index contributed by atoms with van der Waals surface area (Å²) in [5.41, 5.74) is 1.82. The van der Waals surface area contributed by atoms with Gasteiger partial charge in [0.05, 0.1) is 0 Å². The zero-order chi connectivity index (χ0) is 13.0. The fraction of sp³-hybridized carbons (Fsp3) is 0.625. The minimum atomic E-state index is 0.534. The second-order valence-corrected chi connectivity index (χ2v) is 6.74. The molecule has 1 aromatic rings. The van der Waals surface area contributed by atoms with Crippen LogP contribution in [0.2, 0.25) is 5.02 Å². The molecule has 1 aliphatic rings. The van der Waals surface area contributed by atoms with Gasteiger partial charge in [0, 0.05) is 17.6 Å². The molecule has 1 atom stereocenters. The van der Waals surface area contributed by atoms with E-state index in [0.717, 1.165) is 11.6 Å². The van der Waals surface area contributed by atoms with Crippen LogP contribution >= 0.6 is 11.6 Å². The Kier molecular flexibility index (Phi) is 4.69. The molecule has 18 heavy (non-hydrogen) atoms. The predicted octanol–water partition coefficient (Wildman–Crippen LogP) is 4.79. The van der Waals surface area contributed by atoms with Crippen LogP contribution in [0.3, 0.4) is 0 Å². The summed E-state index contributed by atoms with van der Waals surface area (Å²) in [5, 5.41) is 4.51. The maximum Gasteiger partial charge on any atom is 0.0409 e. The number of benzene rings is 1. The summed E-state index contributed by atoms with van der Waals surface area (Å²) in [6.07, 6.45) is 6.65. The Labute approximate surface area is 116 Å². The summed E-state index contributed by atoms with van der Waals surface area (Å²) in [7, 11) is 0. The van der Waals surface area contributed by atoms with E-state index in [0.29, 0.717) is 11.5 Å². The first-order chi connectivity index (χ1) is 8.55. The average molecular weight is 266 g/mol. The number of hydrogen-bond acceptors (Lipinski definition) is 1. The summed E-state index contributed by atoms with van der Waals surface area (Å²) in [5.74, 6) is 0. The molecular weight excluding hydrogens is 242 g/mol. The summed E-state index contributed by atoms with van der Waals surface area (Å²) in [6, 6.07) is 8.81. The van der Waals surface area contributed by atoms with Crippen LogP contribution in [0.5, 0.6) is 0 Å². The minimum absolute atomic E-state index is 0.534. The van der Waals surface area contributed by atoms with Crippen molar-refractivity contribution in [1.29, 1.82) is 0 Å². The Hall–Kier alpha value is -0.530. The van der Waals surface area contributed by atoms with Gasteiger partial charge in [-0.2, -0.15) is 0 Å². The van der Waals surface area contributed by atoms with E-state index in [1.807, 2.05) is 12.1 Å². The van der Waals surface area contributed by atoms with Crippen LogP contribution in [0.25, 0.3) is 0 Å². The van der Waals surface area contributed by atoms with Crippen molar-refractivity contribution in [2.75, 3.05) is 0 Å². The Balaban J connectivity index is 1.83. The van der Waals surface area contributed by atoms with Crippen LogP contribution < -0.4 is 5.32 Å². The highest BCUT2D eigenvalue weighted by molar-refractivity contribution is 6.30. The quantitative estimate of drug-likeness (QED) is 0.775. The van der Waals surface area contributed by atoms with Crippen molar-refractivity contribution >= 4 is 11.6 Å². The predicted molar refractivity (Wildman–Crippen MR) is 78.9 cm³/mol. The van der Waals surface area contributed by atoms with Crippen molar-refractivity contribution < 1.29 is 0 Å². The molecule has 1 aromatic carbocycles. The summed E-state index contributed by atoms with van der Waals surface area (Å²) < 4.78 is 0. The number of hydrogen-bond donors (Lipinski definition) is 1. The fourth-order valence-corrected chi connectivity index (χ4v) is 2.99. The Morgan fingerprint density at radius 3 is 2.89 bits per heavy atom. The Morgan fingerprint density at radius 2 is 2.11 bits per heavy atom. The smallest absolute Gasteiger partial charge is 0.0409 e. The third kappa shape index (κ3) is 4.29. The third-order valence-electron chi connectivity index (χ3n) is 4.06. The first-order valence-corrected chi connectivity index (χ1v) is 7.41. The molecule has 0 saturated heterocycles. The molecule has 1 N–H and O–H groups in total. The molecule has 0 aromatic heterocycles. The first-order valence-electron chi connectivity index (χ1n) is 7.03. The van der Waals surface area contributed by atoms with Crippen molar-refractivity contribution in [3.05, 3.63) is 34.9 Å². The zero-order valence-electron chi connectivity index (χ0n) is 11.5. The van der Waals surface area contributed by atoms with Crippen molar-refractivity contribution in [3.63, 3.8) is 0 Å². The van der Waals surface area contributed by atoms with E-state index in [4.69, 9.17) is 11.6 Å². The third-order valence-corrected chi connectivity index (χ3v) is 4.29. The summed E-state index contributed by atoms with van der Waals surface area (Å²) >= 11 is 6.00. The molecule has 0 amide bonds. The van der Waals surface area contributed by atoms with E-state index in [1.165, 1.54) is 37.7 Å². The van der Waals surface area contributed by atoms with Gasteiger partial charge in [0.15, 0.2) is 0 Å². The van der Waals surface area contributed by atoms with Gasteiger partial charge in [0.2, 0.25) is 0 Å². The van der Waals surface area contributed by atoms with E-state index in [-0.39, 0.29) is 0 Å². The zero-order valence-corrected chi connectivity index (χ0v) is 12.3. The molecule has 0 spiro atoms. The van der Waals surface area contributed by atoms with Gasteiger partial charge >= 0.3 is 0 Å². The van der Waals surface area contributed by atoms with Crippen molar-refractivity contribution in [2.45, 2.75) is 58.5 Å². The molecule has 1 fully saturated rings.